The lowest BCUT2D eigenvalue weighted by Gasteiger charge is -2.18. The van der Waals surface area contributed by atoms with Crippen molar-refractivity contribution in [1.82, 2.24) is 10.3 Å². The normalized spacial score (nSPS) is 23.0. The average molecular weight is 274 g/mol. The molecule has 0 aromatic carbocycles. The number of pyridine rings is 1. The summed E-state index contributed by atoms with van der Waals surface area (Å²) in [6, 6.07) is 3.99. The molecule has 1 N–H and O–H groups in total. The summed E-state index contributed by atoms with van der Waals surface area (Å²) in [5.74, 6) is 0.0457. The Morgan fingerprint density at radius 2 is 1.95 bits per heavy atom. The van der Waals surface area contributed by atoms with E-state index in [-0.39, 0.29) is 11.4 Å². The molecule has 0 radical (unpaired) electrons. The van der Waals surface area contributed by atoms with E-state index in [2.05, 4.69) is 22.5 Å². The molecule has 3 heteroatoms. The van der Waals surface area contributed by atoms with E-state index >= 15 is 0 Å². The Morgan fingerprint density at radius 1 is 1.14 bits per heavy atom. The lowest BCUT2D eigenvalue weighted by Crippen LogP contribution is -2.35. The Balaban J connectivity index is 1.45. The van der Waals surface area contributed by atoms with Crippen molar-refractivity contribution in [3.8, 4) is 0 Å². The highest BCUT2D eigenvalue weighted by molar-refractivity contribution is 6.02. The van der Waals surface area contributed by atoms with Crippen LogP contribution in [0.25, 0.3) is 0 Å². The number of amides is 1. The van der Waals surface area contributed by atoms with Crippen molar-refractivity contribution in [2.75, 3.05) is 0 Å². The van der Waals surface area contributed by atoms with E-state index in [1.54, 1.807) is 12.4 Å². The summed E-state index contributed by atoms with van der Waals surface area (Å²) in [5.41, 5.74) is 7.02. The molecule has 1 aromatic rings. The van der Waals surface area contributed by atoms with Crippen LogP contribution in [0.1, 0.15) is 24.8 Å². The smallest absolute Gasteiger partial charge is 0.252 e. The maximum atomic E-state index is 12.7. The summed E-state index contributed by atoms with van der Waals surface area (Å²) in [6.07, 6.45) is 12.9. The van der Waals surface area contributed by atoms with Crippen molar-refractivity contribution >= 4 is 5.91 Å². The summed E-state index contributed by atoms with van der Waals surface area (Å²) >= 11 is 0. The third-order valence-corrected chi connectivity index (χ3v) is 4.85. The standard InChI is InChI=1S/C18H14N2O/c21-17(14-2-1-13-15-9-11(15)10-16(13)14)20-18(5-6-18)12-3-7-19-8-4-12/h1-4,7-8,10H,5-6,9H2,(H,20,21). The van der Waals surface area contributed by atoms with Crippen LogP contribution in [0, 0.1) is 0 Å². The van der Waals surface area contributed by atoms with Gasteiger partial charge in [0.2, 0.25) is 0 Å². The molecule has 1 heterocycles. The average Bonchev–Trinajstić information content (AvgIpc) is 3.38. The number of carbonyl (C=O) groups excluding carboxylic acids is 1. The van der Waals surface area contributed by atoms with Gasteiger partial charge in [-0.05, 0) is 71.4 Å². The summed E-state index contributed by atoms with van der Waals surface area (Å²) in [4.78, 5) is 16.7. The quantitative estimate of drug-likeness (QED) is 0.920. The van der Waals surface area contributed by atoms with Gasteiger partial charge in [-0.3, -0.25) is 9.78 Å². The van der Waals surface area contributed by atoms with Crippen LogP contribution in [0.2, 0.25) is 0 Å². The number of nitrogens with one attached hydrogen (secondary N) is 1. The second-order valence-electron chi connectivity index (χ2n) is 6.17. The molecule has 0 bridgehead atoms. The Bertz CT molecular complexity index is 805. The first kappa shape index (κ1) is 11.3. The second kappa shape index (κ2) is 3.61. The fourth-order valence-electron chi connectivity index (χ4n) is 3.40. The van der Waals surface area contributed by atoms with E-state index in [0.717, 1.165) is 36.0 Å². The maximum Gasteiger partial charge on any atom is 0.252 e. The van der Waals surface area contributed by atoms with Crippen LogP contribution in [0.15, 0.2) is 70.6 Å². The number of rotatable bonds is 3. The number of carbonyl (C=O) groups is 1. The molecule has 2 fully saturated rings. The highest BCUT2D eigenvalue weighted by Crippen LogP contribution is 2.52. The summed E-state index contributed by atoms with van der Waals surface area (Å²) in [6.45, 7) is 0. The first-order chi connectivity index (χ1) is 10.3. The van der Waals surface area contributed by atoms with E-state index in [9.17, 15) is 4.79 Å². The SMILES string of the molecule is O=C(NC1(c2ccncc2)CC1)C1=C2C=C3CC3=C2C=C1. The van der Waals surface area contributed by atoms with Crippen LogP contribution in [-0.4, -0.2) is 10.9 Å². The van der Waals surface area contributed by atoms with Crippen LogP contribution in [-0.2, 0) is 10.3 Å². The van der Waals surface area contributed by atoms with Crippen molar-refractivity contribution in [2.24, 2.45) is 0 Å². The minimum absolute atomic E-state index is 0.0457. The zero-order chi connectivity index (χ0) is 14.0. The molecule has 0 saturated heterocycles. The first-order valence-electron chi connectivity index (χ1n) is 7.37. The lowest BCUT2D eigenvalue weighted by molar-refractivity contribution is -0.118. The van der Waals surface area contributed by atoms with Gasteiger partial charge in [0.15, 0.2) is 0 Å². The molecule has 21 heavy (non-hydrogen) atoms. The summed E-state index contributed by atoms with van der Waals surface area (Å²) < 4.78 is 0. The van der Waals surface area contributed by atoms with E-state index in [1.165, 1.54) is 16.7 Å². The molecule has 5 rings (SSSR count). The number of aromatic nitrogens is 1. The highest BCUT2D eigenvalue weighted by Gasteiger charge is 2.46. The van der Waals surface area contributed by atoms with Crippen molar-refractivity contribution in [2.45, 2.75) is 24.8 Å². The molecule has 102 valence electrons. The van der Waals surface area contributed by atoms with Crippen LogP contribution in [0.4, 0.5) is 0 Å². The molecule has 1 amide bonds. The lowest BCUT2D eigenvalue weighted by atomic mass is 10.0. The Morgan fingerprint density at radius 3 is 2.71 bits per heavy atom. The van der Waals surface area contributed by atoms with Gasteiger partial charge in [-0.15, -0.1) is 0 Å². The molecule has 0 aliphatic heterocycles. The summed E-state index contributed by atoms with van der Waals surface area (Å²) in [5, 5.41) is 3.24. The van der Waals surface area contributed by atoms with Crippen molar-refractivity contribution in [3.63, 3.8) is 0 Å². The van der Waals surface area contributed by atoms with E-state index in [4.69, 9.17) is 0 Å². The van der Waals surface area contributed by atoms with Crippen LogP contribution in [0.3, 0.4) is 0 Å². The highest BCUT2D eigenvalue weighted by atomic mass is 16.1. The van der Waals surface area contributed by atoms with Gasteiger partial charge < -0.3 is 5.32 Å². The van der Waals surface area contributed by atoms with Gasteiger partial charge in [-0.25, -0.2) is 0 Å². The first-order valence-corrected chi connectivity index (χ1v) is 7.37. The predicted octanol–water partition coefficient (Wildman–Crippen LogP) is 2.69. The molecule has 3 nitrogen and oxygen atoms in total. The Labute approximate surface area is 122 Å². The predicted molar refractivity (Wildman–Crippen MR) is 79.2 cm³/mol. The molecule has 0 unspecified atom stereocenters. The van der Waals surface area contributed by atoms with Gasteiger partial charge in [0.1, 0.15) is 0 Å². The molecular weight excluding hydrogens is 260 g/mol. The monoisotopic (exact) mass is 274 g/mol. The second-order valence-corrected chi connectivity index (χ2v) is 6.17. The van der Waals surface area contributed by atoms with Gasteiger partial charge in [-0.1, -0.05) is 6.08 Å². The van der Waals surface area contributed by atoms with Crippen LogP contribution >= 0.6 is 0 Å². The van der Waals surface area contributed by atoms with Gasteiger partial charge >= 0.3 is 0 Å². The molecule has 4 aliphatic rings. The van der Waals surface area contributed by atoms with Gasteiger partial charge in [0.05, 0.1) is 5.54 Å². The topological polar surface area (TPSA) is 42.0 Å². The number of allylic oxidation sites excluding steroid dienone is 6. The van der Waals surface area contributed by atoms with E-state index in [1.807, 2.05) is 18.2 Å². The van der Waals surface area contributed by atoms with Gasteiger partial charge in [-0.2, -0.15) is 0 Å². The Kier molecular flexibility index (Phi) is 1.94. The molecule has 0 atom stereocenters. The van der Waals surface area contributed by atoms with E-state index in [0.29, 0.717) is 0 Å². The van der Waals surface area contributed by atoms with Crippen LogP contribution < -0.4 is 5.32 Å². The molecule has 0 spiro atoms. The maximum absolute atomic E-state index is 12.7. The fraction of sp³-hybridized carbons (Fsp3) is 0.222. The van der Waals surface area contributed by atoms with Crippen LogP contribution in [0.5, 0.6) is 0 Å². The third kappa shape index (κ3) is 1.54. The molecule has 1 aromatic heterocycles. The minimum Gasteiger partial charge on any atom is -0.342 e. The van der Waals surface area contributed by atoms with Crippen molar-refractivity contribution < 1.29 is 4.79 Å². The zero-order valence-corrected chi connectivity index (χ0v) is 11.5. The minimum atomic E-state index is -0.175. The summed E-state index contributed by atoms with van der Waals surface area (Å²) in [7, 11) is 0. The molecular formula is C18H14N2O. The fourth-order valence-corrected chi connectivity index (χ4v) is 3.40. The Hall–Kier alpha value is -2.42. The van der Waals surface area contributed by atoms with E-state index < -0.39 is 0 Å². The number of hydrogen-bond acceptors (Lipinski definition) is 2. The van der Waals surface area contributed by atoms with Crippen molar-refractivity contribution in [1.29, 1.82) is 0 Å². The zero-order valence-electron chi connectivity index (χ0n) is 11.5. The third-order valence-electron chi connectivity index (χ3n) is 4.85. The molecule has 2 saturated carbocycles. The number of nitrogens with zero attached hydrogens (tertiary/aromatic N) is 1. The number of hydrogen-bond donors (Lipinski definition) is 1. The number of fused-ring (bicyclic) bond motifs is 2. The van der Waals surface area contributed by atoms with Gasteiger partial charge in [0.25, 0.3) is 5.91 Å². The van der Waals surface area contributed by atoms with Crippen molar-refractivity contribution in [3.05, 3.63) is 76.2 Å². The van der Waals surface area contributed by atoms with Gasteiger partial charge in [0, 0.05) is 18.0 Å². The molecule has 4 aliphatic carbocycles. The largest absolute Gasteiger partial charge is 0.342 e.